The molecular weight excluding hydrogens is 204 g/mol. The lowest BCUT2D eigenvalue weighted by Crippen LogP contribution is -2.02. The van der Waals surface area contributed by atoms with Gasteiger partial charge in [0.15, 0.2) is 16.1 Å². The lowest BCUT2D eigenvalue weighted by atomic mass is 10.2. The maximum atomic E-state index is 11.3. The van der Waals surface area contributed by atoms with Crippen molar-refractivity contribution < 1.29 is 17.9 Å². The molecule has 0 aliphatic heterocycles. The van der Waals surface area contributed by atoms with Crippen LogP contribution in [0.25, 0.3) is 0 Å². The van der Waals surface area contributed by atoms with Gasteiger partial charge < -0.3 is 4.74 Å². The highest BCUT2D eigenvalue weighted by Crippen LogP contribution is 2.20. The summed E-state index contributed by atoms with van der Waals surface area (Å²) in [6.45, 7) is 0. The maximum absolute atomic E-state index is 11.3. The molecular formula is C9H10O4S. The molecule has 5 heteroatoms. The molecule has 0 radical (unpaired) electrons. The second kappa shape index (κ2) is 3.79. The first-order valence-electron chi connectivity index (χ1n) is 3.82. The third kappa shape index (κ3) is 2.11. The summed E-state index contributed by atoms with van der Waals surface area (Å²) in [7, 11) is -1.96. The Bertz CT molecular complexity index is 448. The zero-order chi connectivity index (χ0) is 10.8. The number of carbonyl (C=O) groups is 1. The van der Waals surface area contributed by atoms with Gasteiger partial charge in [0.2, 0.25) is 0 Å². The van der Waals surface area contributed by atoms with Crippen molar-refractivity contribution in [1.82, 2.24) is 0 Å². The van der Waals surface area contributed by atoms with E-state index in [1.807, 2.05) is 0 Å². The number of methoxy groups -OCH3 is 1. The van der Waals surface area contributed by atoms with E-state index in [0.717, 1.165) is 6.26 Å². The summed E-state index contributed by atoms with van der Waals surface area (Å²) >= 11 is 0. The number of rotatable bonds is 3. The van der Waals surface area contributed by atoms with Crippen LogP contribution in [0.2, 0.25) is 0 Å². The van der Waals surface area contributed by atoms with Crippen molar-refractivity contribution in [3.8, 4) is 5.75 Å². The molecule has 76 valence electrons. The molecule has 0 atom stereocenters. The normalized spacial score (nSPS) is 11.0. The van der Waals surface area contributed by atoms with E-state index in [0.29, 0.717) is 12.0 Å². The number of aldehydes is 1. The predicted molar refractivity (Wildman–Crippen MR) is 51.5 cm³/mol. The van der Waals surface area contributed by atoms with Gasteiger partial charge in [-0.05, 0) is 18.2 Å². The van der Waals surface area contributed by atoms with Crippen LogP contribution in [0.1, 0.15) is 10.4 Å². The molecule has 0 unspecified atom stereocenters. The van der Waals surface area contributed by atoms with Gasteiger partial charge in [0.25, 0.3) is 0 Å². The molecule has 1 rings (SSSR count). The molecule has 0 aliphatic rings. The van der Waals surface area contributed by atoms with Gasteiger partial charge in [-0.3, -0.25) is 4.79 Å². The molecule has 0 saturated carbocycles. The van der Waals surface area contributed by atoms with Gasteiger partial charge in [-0.25, -0.2) is 8.42 Å². The van der Waals surface area contributed by atoms with E-state index in [-0.39, 0.29) is 10.5 Å². The van der Waals surface area contributed by atoms with Crippen molar-refractivity contribution in [3.05, 3.63) is 23.8 Å². The highest BCUT2D eigenvalue weighted by Gasteiger charge is 2.13. The molecule has 1 aromatic carbocycles. The summed E-state index contributed by atoms with van der Waals surface area (Å²) in [5.41, 5.74) is 0.147. The zero-order valence-electron chi connectivity index (χ0n) is 7.85. The van der Waals surface area contributed by atoms with Crippen molar-refractivity contribution in [2.24, 2.45) is 0 Å². The van der Waals surface area contributed by atoms with Crippen LogP contribution in [0, 0.1) is 0 Å². The van der Waals surface area contributed by atoms with Gasteiger partial charge in [-0.1, -0.05) is 0 Å². The number of hydrogen-bond donors (Lipinski definition) is 0. The Kier molecular flexibility index (Phi) is 2.90. The quantitative estimate of drug-likeness (QED) is 0.702. The lowest BCUT2D eigenvalue weighted by molar-refractivity contribution is 0.112. The van der Waals surface area contributed by atoms with Crippen molar-refractivity contribution >= 4 is 16.1 Å². The number of benzene rings is 1. The highest BCUT2D eigenvalue weighted by molar-refractivity contribution is 7.90. The fourth-order valence-electron chi connectivity index (χ4n) is 1.06. The monoisotopic (exact) mass is 214 g/mol. The predicted octanol–water partition coefficient (Wildman–Crippen LogP) is 0.911. The van der Waals surface area contributed by atoms with Gasteiger partial charge in [0.05, 0.1) is 12.0 Å². The molecule has 0 saturated heterocycles. The summed E-state index contributed by atoms with van der Waals surface area (Å²) in [5.74, 6) is 0.413. The molecule has 0 aromatic heterocycles. The van der Waals surface area contributed by atoms with Crippen LogP contribution in [-0.4, -0.2) is 28.1 Å². The zero-order valence-corrected chi connectivity index (χ0v) is 8.67. The number of carbonyl (C=O) groups excluding carboxylic acids is 1. The van der Waals surface area contributed by atoms with Gasteiger partial charge in [0.1, 0.15) is 5.75 Å². The van der Waals surface area contributed by atoms with Crippen LogP contribution in [0.15, 0.2) is 23.1 Å². The molecule has 0 fully saturated rings. The topological polar surface area (TPSA) is 60.4 Å². The van der Waals surface area contributed by atoms with Crippen molar-refractivity contribution in [2.75, 3.05) is 13.4 Å². The first-order chi connectivity index (χ1) is 6.49. The van der Waals surface area contributed by atoms with E-state index in [1.165, 1.54) is 19.2 Å². The Morgan fingerprint density at radius 3 is 2.43 bits per heavy atom. The Morgan fingerprint density at radius 1 is 1.36 bits per heavy atom. The van der Waals surface area contributed by atoms with E-state index in [9.17, 15) is 13.2 Å². The minimum absolute atomic E-state index is 0.00755. The third-order valence-corrected chi connectivity index (χ3v) is 2.90. The third-order valence-electron chi connectivity index (χ3n) is 1.75. The van der Waals surface area contributed by atoms with Gasteiger partial charge in [-0.2, -0.15) is 0 Å². The summed E-state index contributed by atoms with van der Waals surface area (Å²) in [6.07, 6.45) is 1.56. The molecule has 0 spiro atoms. The second-order valence-electron chi connectivity index (χ2n) is 2.79. The Morgan fingerprint density at radius 2 is 2.00 bits per heavy atom. The summed E-state index contributed by atoms with van der Waals surface area (Å²) in [4.78, 5) is 10.6. The minimum atomic E-state index is -3.39. The Hall–Kier alpha value is -1.36. The highest BCUT2D eigenvalue weighted by atomic mass is 32.2. The number of hydrogen-bond acceptors (Lipinski definition) is 4. The average molecular weight is 214 g/mol. The lowest BCUT2D eigenvalue weighted by Gasteiger charge is -2.04. The summed E-state index contributed by atoms with van der Waals surface area (Å²) < 4.78 is 27.4. The smallest absolute Gasteiger partial charge is 0.176 e. The molecule has 0 N–H and O–H groups in total. The largest absolute Gasteiger partial charge is 0.497 e. The van der Waals surface area contributed by atoms with E-state index >= 15 is 0 Å². The van der Waals surface area contributed by atoms with Crippen LogP contribution < -0.4 is 4.74 Å². The first kappa shape index (κ1) is 10.7. The fourth-order valence-corrected chi connectivity index (χ4v) is 1.93. The van der Waals surface area contributed by atoms with Gasteiger partial charge in [0, 0.05) is 11.8 Å². The second-order valence-corrected chi connectivity index (χ2v) is 4.78. The molecule has 0 amide bonds. The van der Waals surface area contributed by atoms with Crippen molar-refractivity contribution in [1.29, 1.82) is 0 Å². The first-order valence-corrected chi connectivity index (χ1v) is 5.71. The van der Waals surface area contributed by atoms with Gasteiger partial charge in [-0.15, -0.1) is 0 Å². The van der Waals surface area contributed by atoms with E-state index < -0.39 is 9.84 Å². The van der Waals surface area contributed by atoms with Crippen molar-refractivity contribution in [2.45, 2.75) is 4.90 Å². The molecule has 4 nitrogen and oxygen atoms in total. The van der Waals surface area contributed by atoms with Crippen LogP contribution in [-0.2, 0) is 9.84 Å². The summed E-state index contributed by atoms with van der Waals surface area (Å²) in [5, 5.41) is 0. The Balaban J connectivity index is 3.44. The molecule has 0 heterocycles. The van der Waals surface area contributed by atoms with E-state index in [1.54, 1.807) is 6.07 Å². The number of ether oxygens (including phenoxy) is 1. The molecule has 0 aliphatic carbocycles. The molecule has 14 heavy (non-hydrogen) atoms. The van der Waals surface area contributed by atoms with Gasteiger partial charge >= 0.3 is 0 Å². The standard InChI is InChI=1S/C9H10O4S/c1-13-8-4-3-7(6-10)9(5-8)14(2,11)12/h3-6H,1-2H3. The van der Waals surface area contributed by atoms with Crippen LogP contribution in [0.3, 0.4) is 0 Å². The SMILES string of the molecule is COc1ccc(C=O)c(S(C)(=O)=O)c1. The van der Waals surface area contributed by atoms with Crippen molar-refractivity contribution in [3.63, 3.8) is 0 Å². The molecule has 0 bridgehead atoms. The van der Waals surface area contributed by atoms with E-state index in [4.69, 9.17) is 4.74 Å². The summed E-state index contributed by atoms with van der Waals surface area (Å²) in [6, 6.07) is 4.29. The minimum Gasteiger partial charge on any atom is -0.497 e. The molecule has 1 aromatic rings. The maximum Gasteiger partial charge on any atom is 0.176 e. The van der Waals surface area contributed by atoms with Crippen LogP contribution in [0.4, 0.5) is 0 Å². The fraction of sp³-hybridized carbons (Fsp3) is 0.222. The number of sulfone groups is 1. The average Bonchev–Trinajstić information content (AvgIpc) is 2.15. The van der Waals surface area contributed by atoms with Crippen LogP contribution in [0.5, 0.6) is 5.75 Å². The Labute approximate surface area is 82.4 Å². The van der Waals surface area contributed by atoms with Crippen LogP contribution >= 0.6 is 0 Å². The van der Waals surface area contributed by atoms with E-state index in [2.05, 4.69) is 0 Å².